The SMILES string of the molecule is c1ccc(N(c2ccc3ccccc3c2)c2cccc3c2oc2c(-c4ccc5sc6cccc(-c7cccc8sc9ccccc9c78)c6c5c4)cccc23)cc1. The number of thiophene rings is 2. The average Bonchev–Trinajstić information content (AvgIpc) is 3.96. The van der Waals surface area contributed by atoms with E-state index in [0.29, 0.717) is 0 Å². The van der Waals surface area contributed by atoms with E-state index in [2.05, 4.69) is 193 Å². The molecule has 0 amide bonds. The molecule has 0 radical (unpaired) electrons. The zero-order chi connectivity index (χ0) is 36.7. The fourth-order valence-electron chi connectivity index (χ4n) is 8.75. The van der Waals surface area contributed by atoms with E-state index in [1.54, 1.807) is 0 Å². The summed E-state index contributed by atoms with van der Waals surface area (Å²) >= 11 is 3.74. The fourth-order valence-corrected chi connectivity index (χ4v) is 11.0. The zero-order valence-corrected chi connectivity index (χ0v) is 31.7. The van der Waals surface area contributed by atoms with E-state index in [-0.39, 0.29) is 0 Å². The van der Waals surface area contributed by atoms with Gasteiger partial charge in [-0.15, -0.1) is 22.7 Å². The number of benzene rings is 9. The Bertz CT molecular complexity index is 3500. The molecule has 3 aromatic heterocycles. The summed E-state index contributed by atoms with van der Waals surface area (Å²) in [4.78, 5) is 2.32. The standard InChI is InChI=1S/C52H31NOS2/c1-2-14-35(15-3-1)53(36-28-26-32-12-4-5-13-33(32)30-36)44-22-9-21-41-40-20-8-17-37(51(40)54-52(41)44)34-27-29-46-43(31-34)50-39(19-11-25-48(50)56-46)38-18-10-24-47-49(38)42-16-6-7-23-45(42)55-47/h1-31H. The van der Waals surface area contributed by atoms with Crippen molar-refractivity contribution in [1.82, 2.24) is 0 Å². The summed E-state index contributed by atoms with van der Waals surface area (Å²) in [5, 5.41) is 9.87. The minimum Gasteiger partial charge on any atom is -0.453 e. The highest BCUT2D eigenvalue weighted by molar-refractivity contribution is 7.26. The van der Waals surface area contributed by atoms with Crippen LogP contribution in [0.2, 0.25) is 0 Å². The Balaban J connectivity index is 1.06. The van der Waals surface area contributed by atoms with E-state index in [9.17, 15) is 0 Å². The number of hydrogen-bond donors (Lipinski definition) is 0. The van der Waals surface area contributed by atoms with Gasteiger partial charge in [-0.3, -0.25) is 0 Å². The number of anilines is 3. The van der Waals surface area contributed by atoms with Gasteiger partial charge in [-0.2, -0.15) is 0 Å². The lowest BCUT2D eigenvalue weighted by Gasteiger charge is -2.25. The number of nitrogens with zero attached hydrogens (tertiary/aromatic N) is 1. The highest BCUT2D eigenvalue weighted by Gasteiger charge is 2.22. The monoisotopic (exact) mass is 749 g/mol. The van der Waals surface area contributed by atoms with Gasteiger partial charge in [-0.1, -0.05) is 127 Å². The summed E-state index contributed by atoms with van der Waals surface area (Å²) in [5.74, 6) is 0. The molecule has 0 aliphatic rings. The molecule has 0 saturated heterocycles. The number of fused-ring (bicyclic) bond motifs is 10. The van der Waals surface area contributed by atoms with Gasteiger partial charge in [-0.05, 0) is 88.1 Å². The van der Waals surface area contributed by atoms with Gasteiger partial charge in [0.25, 0.3) is 0 Å². The van der Waals surface area contributed by atoms with Crippen molar-refractivity contribution in [3.05, 3.63) is 188 Å². The first kappa shape index (κ1) is 31.6. The molecule has 3 heterocycles. The number of rotatable bonds is 5. The normalized spacial score (nSPS) is 11.9. The number of para-hydroxylation sites is 3. The molecule has 0 bridgehead atoms. The first-order valence-electron chi connectivity index (χ1n) is 18.9. The van der Waals surface area contributed by atoms with E-state index in [0.717, 1.165) is 50.1 Å². The third-order valence-electron chi connectivity index (χ3n) is 11.2. The minimum absolute atomic E-state index is 0.868. The molecular weight excluding hydrogens is 719 g/mol. The average molecular weight is 750 g/mol. The van der Waals surface area contributed by atoms with Crippen molar-refractivity contribution in [3.8, 4) is 22.3 Å². The van der Waals surface area contributed by atoms with Crippen molar-refractivity contribution in [2.75, 3.05) is 4.90 Å². The third-order valence-corrected chi connectivity index (χ3v) is 13.5. The van der Waals surface area contributed by atoms with Crippen LogP contribution in [0.3, 0.4) is 0 Å². The Morgan fingerprint density at radius 3 is 1.79 bits per heavy atom. The molecule has 9 aromatic carbocycles. The molecule has 0 atom stereocenters. The van der Waals surface area contributed by atoms with E-state index in [4.69, 9.17) is 4.42 Å². The van der Waals surface area contributed by atoms with Gasteiger partial charge in [0.05, 0.1) is 5.69 Å². The smallest absolute Gasteiger partial charge is 0.159 e. The Morgan fingerprint density at radius 1 is 0.357 bits per heavy atom. The Labute approximate surface area is 330 Å². The second kappa shape index (κ2) is 12.4. The zero-order valence-electron chi connectivity index (χ0n) is 30.1. The molecule has 4 heteroatoms. The highest BCUT2D eigenvalue weighted by Crippen LogP contribution is 2.48. The summed E-state index contributed by atoms with van der Waals surface area (Å²) in [5.41, 5.74) is 9.73. The third kappa shape index (κ3) is 4.80. The first-order chi connectivity index (χ1) is 27.8. The molecule has 0 aliphatic heterocycles. The van der Waals surface area contributed by atoms with Crippen molar-refractivity contribution in [2.24, 2.45) is 0 Å². The molecule has 0 aliphatic carbocycles. The van der Waals surface area contributed by atoms with Crippen LogP contribution in [-0.2, 0) is 0 Å². The van der Waals surface area contributed by atoms with E-state index < -0.39 is 0 Å². The minimum atomic E-state index is 0.868. The van der Waals surface area contributed by atoms with Crippen LogP contribution in [0.5, 0.6) is 0 Å². The lowest BCUT2D eigenvalue weighted by Crippen LogP contribution is -2.10. The number of furan rings is 1. The van der Waals surface area contributed by atoms with Crippen molar-refractivity contribution in [1.29, 1.82) is 0 Å². The van der Waals surface area contributed by atoms with Gasteiger partial charge in [-0.25, -0.2) is 0 Å². The van der Waals surface area contributed by atoms with Crippen molar-refractivity contribution in [2.45, 2.75) is 0 Å². The van der Waals surface area contributed by atoms with E-state index in [1.807, 2.05) is 22.7 Å². The van der Waals surface area contributed by atoms with Crippen LogP contribution in [0.4, 0.5) is 17.1 Å². The second-order valence-electron chi connectivity index (χ2n) is 14.4. The van der Waals surface area contributed by atoms with Gasteiger partial charge >= 0.3 is 0 Å². The van der Waals surface area contributed by atoms with Gasteiger partial charge in [0.1, 0.15) is 5.58 Å². The molecule has 2 nitrogen and oxygen atoms in total. The van der Waals surface area contributed by atoms with Crippen LogP contribution < -0.4 is 4.90 Å². The lowest BCUT2D eigenvalue weighted by atomic mass is 9.94. The summed E-state index contributed by atoms with van der Waals surface area (Å²) in [6, 6.07) is 68.2. The van der Waals surface area contributed by atoms with Crippen LogP contribution in [0.1, 0.15) is 0 Å². The maximum atomic E-state index is 7.10. The molecule has 262 valence electrons. The summed E-state index contributed by atoms with van der Waals surface area (Å²) < 4.78 is 12.3. The molecule has 12 rings (SSSR count). The van der Waals surface area contributed by atoms with Crippen LogP contribution in [-0.4, -0.2) is 0 Å². The largest absolute Gasteiger partial charge is 0.453 e. The van der Waals surface area contributed by atoms with Crippen LogP contribution in [0, 0.1) is 0 Å². The van der Waals surface area contributed by atoms with Gasteiger partial charge in [0, 0.05) is 68.1 Å². The Hall–Kier alpha value is -6.72. The maximum Gasteiger partial charge on any atom is 0.159 e. The summed E-state index contributed by atoms with van der Waals surface area (Å²) in [6.07, 6.45) is 0. The van der Waals surface area contributed by atoms with Crippen LogP contribution >= 0.6 is 22.7 Å². The molecule has 0 spiro atoms. The van der Waals surface area contributed by atoms with Gasteiger partial charge < -0.3 is 9.32 Å². The summed E-state index contributed by atoms with van der Waals surface area (Å²) in [7, 11) is 0. The molecule has 12 aromatic rings. The highest BCUT2D eigenvalue weighted by atomic mass is 32.1. The molecule has 0 unspecified atom stereocenters. The number of hydrogen-bond acceptors (Lipinski definition) is 4. The maximum absolute atomic E-state index is 7.10. The van der Waals surface area contributed by atoms with Crippen molar-refractivity contribution < 1.29 is 4.42 Å². The van der Waals surface area contributed by atoms with Gasteiger partial charge in [0.2, 0.25) is 0 Å². The van der Waals surface area contributed by atoms with E-state index in [1.165, 1.54) is 62.2 Å². The lowest BCUT2D eigenvalue weighted by molar-refractivity contribution is 0.670. The molecule has 0 fully saturated rings. The topological polar surface area (TPSA) is 16.4 Å². The first-order valence-corrected chi connectivity index (χ1v) is 20.5. The fraction of sp³-hybridized carbons (Fsp3) is 0. The van der Waals surface area contributed by atoms with Gasteiger partial charge in [0.15, 0.2) is 5.58 Å². The molecular formula is C52H31NOS2. The predicted molar refractivity (Wildman–Crippen MR) is 243 cm³/mol. The van der Waals surface area contributed by atoms with Crippen LogP contribution in [0.15, 0.2) is 192 Å². The van der Waals surface area contributed by atoms with E-state index >= 15 is 0 Å². The summed E-state index contributed by atoms with van der Waals surface area (Å²) in [6.45, 7) is 0. The second-order valence-corrected chi connectivity index (χ2v) is 16.6. The van der Waals surface area contributed by atoms with Crippen molar-refractivity contribution in [3.63, 3.8) is 0 Å². The molecule has 0 saturated carbocycles. The molecule has 56 heavy (non-hydrogen) atoms. The quantitative estimate of drug-likeness (QED) is 0.174. The Morgan fingerprint density at radius 2 is 0.964 bits per heavy atom. The predicted octanol–water partition coefficient (Wildman–Crippen LogP) is 16.3. The molecule has 0 N–H and O–H groups in total. The van der Waals surface area contributed by atoms with Crippen LogP contribution in [0.25, 0.3) is 95.3 Å². The van der Waals surface area contributed by atoms with Crippen molar-refractivity contribution >= 4 is 113 Å². The Kier molecular flexibility index (Phi) is 7.00.